The van der Waals surface area contributed by atoms with E-state index in [1.807, 2.05) is 4.98 Å². The van der Waals surface area contributed by atoms with Crippen molar-refractivity contribution in [3.05, 3.63) is 38.7 Å². The van der Waals surface area contributed by atoms with Crippen molar-refractivity contribution in [1.29, 1.82) is 0 Å². The van der Waals surface area contributed by atoms with E-state index in [1.165, 1.54) is 0 Å². The smallest absolute Gasteiger partial charge is 0.330 e. The van der Waals surface area contributed by atoms with Gasteiger partial charge in [0.25, 0.3) is 5.56 Å². The Morgan fingerprint density at radius 3 is 2.81 bits per heavy atom. The number of hydrogen-bond acceptors (Lipinski definition) is 6. The van der Waals surface area contributed by atoms with Crippen LogP contribution in [0.1, 0.15) is 11.8 Å². The Labute approximate surface area is 117 Å². The number of aliphatic hydroxyl groups excluding tert-OH is 2. The van der Waals surface area contributed by atoms with Crippen LogP contribution in [0, 0.1) is 5.92 Å². The van der Waals surface area contributed by atoms with E-state index in [9.17, 15) is 19.5 Å². The first-order valence-corrected chi connectivity index (χ1v) is 6.11. The highest BCUT2D eigenvalue weighted by molar-refractivity contribution is 5.85. The second-order valence-corrected chi connectivity index (χ2v) is 4.58. The highest BCUT2D eigenvalue weighted by Gasteiger charge is 2.37. The van der Waals surface area contributed by atoms with Crippen LogP contribution in [0.2, 0.25) is 0 Å². The predicted octanol–water partition coefficient (Wildman–Crippen LogP) is -1.87. The van der Waals surface area contributed by atoms with E-state index in [1.54, 1.807) is 0 Å². The zero-order valence-electron chi connectivity index (χ0n) is 10.8. The van der Waals surface area contributed by atoms with Gasteiger partial charge in [0.1, 0.15) is 6.10 Å². The molecule has 1 aromatic rings. The summed E-state index contributed by atoms with van der Waals surface area (Å²) < 4.78 is 6.21. The van der Waals surface area contributed by atoms with Gasteiger partial charge in [-0.3, -0.25) is 14.3 Å². The number of H-pyrrole nitrogens is 1. The molecular weight excluding hydrogens is 284 g/mol. The molecule has 1 aliphatic rings. The molecule has 114 valence electrons. The molecule has 1 fully saturated rings. The van der Waals surface area contributed by atoms with E-state index >= 15 is 0 Å². The summed E-state index contributed by atoms with van der Waals surface area (Å²) in [6.07, 6.45) is 0.719. The highest BCUT2D eigenvalue weighted by Crippen LogP contribution is 2.27. The number of carboxylic acid groups (broad SMARTS) is 1. The average Bonchev–Trinajstić information content (AvgIpc) is 2.78. The zero-order valence-corrected chi connectivity index (χ0v) is 10.8. The maximum Gasteiger partial charge on any atom is 0.330 e. The Morgan fingerprint density at radius 1 is 1.52 bits per heavy atom. The van der Waals surface area contributed by atoms with Crippen LogP contribution < -0.4 is 11.2 Å². The van der Waals surface area contributed by atoms with E-state index in [0.29, 0.717) is 0 Å². The maximum absolute atomic E-state index is 11.8. The third-order valence-electron chi connectivity index (χ3n) is 3.17. The molecule has 9 heteroatoms. The molecule has 2 heterocycles. The van der Waals surface area contributed by atoms with Gasteiger partial charge in [-0.05, 0) is 6.08 Å². The van der Waals surface area contributed by atoms with Gasteiger partial charge in [-0.15, -0.1) is 0 Å². The lowest BCUT2D eigenvalue weighted by molar-refractivity contribution is -0.131. The minimum atomic E-state index is -1.25. The van der Waals surface area contributed by atoms with E-state index in [4.69, 9.17) is 14.9 Å². The quantitative estimate of drug-likeness (QED) is 0.477. The SMILES string of the molecule is O=C(O)/C=C/c1cn([C@H]2OC[C@H](CO)[C@@H]2O)c(=O)[nH]c1=O. The molecule has 0 aromatic carbocycles. The fourth-order valence-electron chi connectivity index (χ4n) is 2.03. The van der Waals surface area contributed by atoms with Crippen molar-refractivity contribution in [2.24, 2.45) is 5.92 Å². The van der Waals surface area contributed by atoms with Gasteiger partial charge in [0, 0.05) is 18.2 Å². The summed E-state index contributed by atoms with van der Waals surface area (Å²) in [7, 11) is 0. The second kappa shape index (κ2) is 6.04. The van der Waals surface area contributed by atoms with Gasteiger partial charge in [0.2, 0.25) is 0 Å². The van der Waals surface area contributed by atoms with Crippen molar-refractivity contribution in [2.75, 3.05) is 13.2 Å². The average molecular weight is 298 g/mol. The number of aromatic nitrogens is 2. The molecular formula is C12H14N2O7. The summed E-state index contributed by atoms with van der Waals surface area (Å²) in [6, 6.07) is 0. The molecule has 0 radical (unpaired) electrons. The van der Waals surface area contributed by atoms with Crippen molar-refractivity contribution in [3.63, 3.8) is 0 Å². The summed E-state index contributed by atoms with van der Waals surface area (Å²) in [5, 5.41) is 27.6. The van der Waals surface area contributed by atoms with Gasteiger partial charge in [-0.25, -0.2) is 9.59 Å². The Bertz CT molecular complexity index is 675. The van der Waals surface area contributed by atoms with Gasteiger partial charge < -0.3 is 20.1 Å². The van der Waals surface area contributed by atoms with Gasteiger partial charge in [-0.1, -0.05) is 0 Å². The maximum atomic E-state index is 11.8. The molecule has 1 saturated heterocycles. The normalized spacial score (nSPS) is 25.5. The van der Waals surface area contributed by atoms with Crippen LogP contribution in [0.25, 0.3) is 6.08 Å². The predicted molar refractivity (Wildman–Crippen MR) is 69.6 cm³/mol. The number of hydrogen-bond donors (Lipinski definition) is 4. The first kappa shape index (κ1) is 15.2. The summed E-state index contributed by atoms with van der Waals surface area (Å²) in [6.45, 7) is -0.240. The number of aliphatic carboxylic acids is 1. The Hall–Kier alpha value is -2.23. The second-order valence-electron chi connectivity index (χ2n) is 4.58. The molecule has 3 atom stereocenters. The van der Waals surface area contributed by atoms with Crippen LogP contribution in [-0.4, -0.2) is 50.2 Å². The van der Waals surface area contributed by atoms with Crippen molar-refractivity contribution in [1.82, 2.24) is 9.55 Å². The van der Waals surface area contributed by atoms with Gasteiger partial charge in [-0.2, -0.15) is 0 Å². The molecule has 0 saturated carbocycles. The third-order valence-corrected chi connectivity index (χ3v) is 3.17. The molecule has 1 aliphatic heterocycles. The van der Waals surface area contributed by atoms with Crippen LogP contribution in [0.4, 0.5) is 0 Å². The number of nitrogens with one attached hydrogen (secondary N) is 1. The standard InChI is InChI=1S/C12H14N2O7/c15-4-7-5-21-11(9(7)18)14-3-6(1-2-8(16)17)10(19)13-12(14)20/h1-3,7,9,11,15,18H,4-5H2,(H,16,17)(H,13,19,20)/b2-1+/t7-,9-,11-/m0/s1. The molecule has 0 aliphatic carbocycles. The molecule has 1 aromatic heterocycles. The number of carbonyl (C=O) groups is 1. The van der Waals surface area contributed by atoms with Crippen LogP contribution in [0.15, 0.2) is 21.9 Å². The fraction of sp³-hybridized carbons (Fsp3) is 0.417. The van der Waals surface area contributed by atoms with E-state index in [-0.39, 0.29) is 18.8 Å². The number of nitrogens with zero attached hydrogens (tertiary/aromatic N) is 1. The van der Waals surface area contributed by atoms with Gasteiger partial charge in [0.15, 0.2) is 6.23 Å². The molecule has 21 heavy (non-hydrogen) atoms. The van der Waals surface area contributed by atoms with Crippen LogP contribution in [-0.2, 0) is 9.53 Å². The molecule has 9 nitrogen and oxygen atoms in total. The minimum absolute atomic E-state index is 0.0637. The Morgan fingerprint density at radius 2 is 2.24 bits per heavy atom. The lowest BCUT2D eigenvalue weighted by atomic mass is 10.1. The summed E-state index contributed by atoms with van der Waals surface area (Å²) in [5.41, 5.74) is -1.62. The summed E-state index contributed by atoms with van der Waals surface area (Å²) in [4.78, 5) is 35.8. The number of rotatable bonds is 4. The zero-order chi connectivity index (χ0) is 15.6. The monoisotopic (exact) mass is 298 g/mol. The van der Waals surface area contributed by atoms with Crippen LogP contribution in [0.3, 0.4) is 0 Å². The topological polar surface area (TPSA) is 142 Å². The number of ether oxygens (including phenoxy) is 1. The van der Waals surface area contributed by atoms with E-state index in [2.05, 4.69) is 0 Å². The van der Waals surface area contributed by atoms with E-state index < -0.39 is 35.5 Å². The van der Waals surface area contributed by atoms with Gasteiger partial charge in [0.05, 0.1) is 18.8 Å². The molecule has 2 rings (SSSR count). The van der Waals surface area contributed by atoms with Gasteiger partial charge >= 0.3 is 11.7 Å². The molecule has 0 unspecified atom stereocenters. The molecule has 4 N–H and O–H groups in total. The van der Waals surface area contributed by atoms with Crippen molar-refractivity contribution in [2.45, 2.75) is 12.3 Å². The first-order chi connectivity index (χ1) is 9.93. The summed E-state index contributed by atoms with van der Waals surface area (Å²) in [5.74, 6) is -1.78. The summed E-state index contributed by atoms with van der Waals surface area (Å²) >= 11 is 0. The number of aromatic amines is 1. The van der Waals surface area contributed by atoms with E-state index in [0.717, 1.165) is 22.9 Å². The Kier molecular flexibility index (Phi) is 4.36. The third kappa shape index (κ3) is 3.10. The minimum Gasteiger partial charge on any atom is -0.478 e. The molecule has 0 bridgehead atoms. The lowest BCUT2D eigenvalue weighted by Gasteiger charge is -2.18. The first-order valence-electron chi connectivity index (χ1n) is 6.11. The van der Waals surface area contributed by atoms with Crippen molar-refractivity contribution >= 4 is 12.0 Å². The largest absolute Gasteiger partial charge is 0.478 e. The number of aliphatic hydroxyl groups is 2. The van der Waals surface area contributed by atoms with Crippen LogP contribution in [0.5, 0.6) is 0 Å². The molecule has 0 spiro atoms. The van der Waals surface area contributed by atoms with Crippen LogP contribution >= 0.6 is 0 Å². The fourth-order valence-corrected chi connectivity index (χ4v) is 2.03. The highest BCUT2D eigenvalue weighted by atomic mass is 16.5. The lowest BCUT2D eigenvalue weighted by Crippen LogP contribution is -2.37. The number of carboxylic acids is 1. The van der Waals surface area contributed by atoms with Crippen molar-refractivity contribution in [3.8, 4) is 0 Å². The Balaban J connectivity index is 2.41. The van der Waals surface area contributed by atoms with Crippen molar-refractivity contribution < 1.29 is 24.9 Å². The molecule has 0 amide bonds.